The third-order valence-corrected chi connectivity index (χ3v) is 19.0. The van der Waals surface area contributed by atoms with Crippen LogP contribution in [0.3, 0.4) is 0 Å². The average molecular weight is 1340 g/mol. The van der Waals surface area contributed by atoms with Crippen molar-refractivity contribution >= 4 is 65.0 Å². The molecule has 2 rings (SSSR count). The van der Waals surface area contributed by atoms with Gasteiger partial charge in [0.15, 0.2) is 0 Å². The minimum absolute atomic E-state index is 0.00416. The van der Waals surface area contributed by atoms with Crippen LogP contribution in [0.15, 0.2) is 12.2 Å². The molecule has 0 spiro atoms. The van der Waals surface area contributed by atoms with Gasteiger partial charge in [-0.2, -0.15) is 0 Å². The first-order chi connectivity index (χ1) is 44.1. The van der Waals surface area contributed by atoms with E-state index in [0.717, 1.165) is 24.5 Å². The number of carbonyl (C=O) groups is 11. The number of piperazine rings is 1. The SMILES string of the molecule is C/C=C/C[C@@H](C)[C@@H](O)[C@H]1C(=O)N[C@@H](CC)C(=O)N(C)[C@H](C)C(=O)N(C)[C@@H](C(C)CN2CCN(CCOC)CC2)C(=O)N[C@@H](C(C)C)C(=O)N(C)[C@@H](CC(C)C)C(=O)N[C@@H](C)C(=O)N[C@H](C)C(=O)N(C)[C@@H](CC(C)C)C(=O)N(C)[C@@H](CC(C)C)C(=O)N(C)[C@@H](C(C)C)C(=O)N1C. The summed E-state index contributed by atoms with van der Waals surface area (Å²) in [5, 5.41) is 23.5. The van der Waals surface area contributed by atoms with Crippen LogP contribution in [0, 0.1) is 41.4 Å². The van der Waals surface area contributed by atoms with Crippen molar-refractivity contribution in [2.75, 3.05) is 102 Å². The van der Waals surface area contributed by atoms with E-state index in [0.29, 0.717) is 32.7 Å². The van der Waals surface area contributed by atoms with Crippen LogP contribution >= 0.6 is 0 Å². The van der Waals surface area contributed by atoms with Crippen LogP contribution in [0.5, 0.6) is 0 Å². The second-order valence-electron chi connectivity index (χ2n) is 28.9. The van der Waals surface area contributed by atoms with Gasteiger partial charge in [-0.3, -0.25) is 57.6 Å². The fourth-order valence-electron chi connectivity index (χ4n) is 12.7. The number of carbonyl (C=O) groups excluding carboxylic acids is 11. The van der Waals surface area contributed by atoms with Gasteiger partial charge in [0.25, 0.3) is 0 Å². The van der Waals surface area contributed by atoms with Crippen LogP contribution in [0.1, 0.15) is 150 Å². The lowest BCUT2D eigenvalue weighted by Crippen LogP contribution is -2.64. The number of likely N-dealkylation sites (N-methyl/N-ethyl adjacent to an activating group) is 7. The van der Waals surface area contributed by atoms with E-state index in [4.69, 9.17) is 4.74 Å². The Balaban J connectivity index is 3.05. The molecule has 544 valence electrons. The van der Waals surface area contributed by atoms with Crippen molar-refractivity contribution < 1.29 is 62.6 Å². The van der Waals surface area contributed by atoms with Crippen LogP contribution in [0.2, 0.25) is 0 Å². The number of nitrogens with one attached hydrogen (secondary N) is 4. The summed E-state index contributed by atoms with van der Waals surface area (Å²) in [6.07, 6.45) is 2.83. The van der Waals surface area contributed by atoms with Crippen molar-refractivity contribution in [3.63, 3.8) is 0 Å². The van der Waals surface area contributed by atoms with Crippen molar-refractivity contribution in [2.24, 2.45) is 41.4 Å². The van der Waals surface area contributed by atoms with Gasteiger partial charge >= 0.3 is 0 Å². The number of aliphatic hydroxyl groups is 1. The van der Waals surface area contributed by atoms with Crippen molar-refractivity contribution in [1.82, 2.24) is 65.4 Å². The highest BCUT2D eigenvalue weighted by molar-refractivity contribution is 6.00. The molecule has 95 heavy (non-hydrogen) atoms. The molecule has 0 aliphatic carbocycles. The predicted octanol–water partition coefficient (Wildman–Crippen LogP) is 2.51. The lowest BCUT2D eigenvalue weighted by atomic mass is 9.91. The first-order valence-corrected chi connectivity index (χ1v) is 34.5. The number of hydrogen-bond acceptors (Lipinski definition) is 15. The normalized spacial score (nSPS) is 27.8. The third kappa shape index (κ3) is 23.5. The summed E-state index contributed by atoms with van der Waals surface area (Å²) in [6, 6.07) is -13.9. The molecule has 5 N–H and O–H groups in total. The lowest BCUT2D eigenvalue weighted by molar-refractivity contribution is -0.157. The zero-order valence-corrected chi connectivity index (χ0v) is 62.5. The molecule has 26 heteroatoms. The molecule has 0 aromatic heterocycles. The van der Waals surface area contributed by atoms with E-state index in [1.165, 1.54) is 99.5 Å². The molecule has 2 aliphatic heterocycles. The number of nitrogens with zero attached hydrogens (tertiary/aromatic N) is 9. The molecule has 0 bridgehead atoms. The minimum atomic E-state index is -1.63. The van der Waals surface area contributed by atoms with Crippen LogP contribution in [-0.2, 0) is 57.5 Å². The van der Waals surface area contributed by atoms with E-state index in [-0.39, 0.29) is 43.4 Å². The number of amides is 11. The number of allylic oxidation sites excluding steroid dienone is 2. The first kappa shape index (κ1) is 84.8. The Hall–Kier alpha value is -6.25. The van der Waals surface area contributed by atoms with Gasteiger partial charge in [-0.15, -0.1) is 0 Å². The second kappa shape index (κ2) is 39.2. The number of methoxy groups -OCH3 is 1. The maximum atomic E-state index is 15.3. The van der Waals surface area contributed by atoms with Gasteiger partial charge in [-0.25, -0.2) is 0 Å². The Morgan fingerprint density at radius 3 is 1.42 bits per heavy atom. The number of aliphatic hydroxyl groups excluding tert-OH is 1. The number of ether oxygens (including phenoxy) is 1. The van der Waals surface area contributed by atoms with Crippen molar-refractivity contribution in [2.45, 2.75) is 222 Å². The van der Waals surface area contributed by atoms with E-state index in [2.05, 4.69) is 31.1 Å². The van der Waals surface area contributed by atoms with Gasteiger partial charge in [0.05, 0.1) is 12.7 Å². The zero-order chi connectivity index (χ0) is 73.0. The van der Waals surface area contributed by atoms with Crippen LogP contribution in [0.25, 0.3) is 0 Å². The van der Waals surface area contributed by atoms with Gasteiger partial charge < -0.3 is 70.3 Å². The lowest BCUT2D eigenvalue weighted by Gasteiger charge is -2.41. The fraction of sp³-hybridized carbons (Fsp3) is 0.812. The molecule has 11 amide bonds. The molecule has 0 aromatic carbocycles. The van der Waals surface area contributed by atoms with Crippen molar-refractivity contribution in [1.29, 1.82) is 0 Å². The smallest absolute Gasteiger partial charge is 0.246 e. The highest BCUT2D eigenvalue weighted by Crippen LogP contribution is 2.26. The Morgan fingerprint density at radius 1 is 0.484 bits per heavy atom. The zero-order valence-electron chi connectivity index (χ0n) is 62.5. The summed E-state index contributed by atoms with van der Waals surface area (Å²) in [7, 11) is 11.7. The van der Waals surface area contributed by atoms with E-state index in [9.17, 15) is 29.1 Å². The highest BCUT2D eigenvalue weighted by atomic mass is 16.5. The predicted molar refractivity (Wildman–Crippen MR) is 368 cm³/mol. The van der Waals surface area contributed by atoms with E-state index < -0.39 is 161 Å². The van der Waals surface area contributed by atoms with Gasteiger partial charge in [-0.1, -0.05) is 102 Å². The molecule has 1 unspecified atom stereocenters. The van der Waals surface area contributed by atoms with E-state index >= 15 is 28.8 Å². The molecule has 2 heterocycles. The van der Waals surface area contributed by atoms with Gasteiger partial charge in [0.1, 0.15) is 66.5 Å². The van der Waals surface area contributed by atoms with Gasteiger partial charge in [-0.05, 0) is 101 Å². The molecular weight excluding hydrogens is 1220 g/mol. The van der Waals surface area contributed by atoms with Crippen molar-refractivity contribution in [3.8, 4) is 0 Å². The molecular formula is C69H125N13O13. The highest BCUT2D eigenvalue weighted by Gasteiger charge is 2.47. The van der Waals surface area contributed by atoms with E-state index in [1.54, 1.807) is 61.7 Å². The average Bonchev–Trinajstić information content (AvgIpc) is 0.825. The Labute approximate surface area is 569 Å². The maximum absolute atomic E-state index is 15.3. The van der Waals surface area contributed by atoms with Crippen LogP contribution < -0.4 is 21.3 Å². The molecule has 2 aliphatic rings. The topological polar surface area (TPSA) is 295 Å². The molecule has 2 saturated heterocycles. The summed E-state index contributed by atoms with van der Waals surface area (Å²) < 4.78 is 5.31. The van der Waals surface area contributed by atoms with Gasteiger partial charge in [0, 0.05) is 95.7 Å². The summed E-state index contributed by atoms with van der Waals surface area (Å²) in [6.45, 7) is 34.1. The third-order valence-electron chi connectivity index (χ3n) is 19.0. The van der Waals surface area contributed by atoms with Crippen molar-refractivity contribution in [3.05, 3.63) is 12.2 Å². The standard InChI is InChI=1S/C69H125N13O13/c1-26-28-29-45(13)58(83)57-62(87)72-50(27-2)65(90)74(18)49(17)64(89)79(23)56(46(14)39-82-32-30-81(31-33-82)34-35-95-25)61(86)73-54(43(9)10)68(93)75(19)51(36-40(3)4)60(85)70-47(15)59(84)71-48(16)63(88)76(20)52(37-41(5)6)66(91)77(21)53(38-42(7)8)67(92)78(22)55(44(11)12)69(94)80(57)24/h26,28,40-58,83H,27,29-39H2,1-25H3,(H,70,85)(H,71,84)(H,72,87)(H,73,86)/b28-26+/t45-,46?,47+,48-,49-,50+,51+,52+,53+,54+,55+,56+,57+,58-/m1/s1. The maximum Gasteiger partial charge on any atom is 0.246 e. The van der Waals surface area contributed by atoms with Crippen LogP contribution in [-0.4, -0.2) is 289 Å². The fourth-order valence-corrected chi connectivity index (χ4v) is 12.7. The quantitative estimate of drug-likeness (QED) is 0.116. The first-order valence-electron chi connectivity index (χ1n) is 34.5. The summed E-state index contributed by atoms with van der Waals surface area (Å²) >= 11 is 0. The monoisotopic (exact) mass is 1340 g/mol. The Kier molecular flexibility index (Phi) is 35.0. The number of rotatable bonds is 19. The minimum Gasteiger partial charge on any atom is -0.390 e. The van der Waals surface area contributed by atoms with Crippen LogP contribution in [0.4, 0.5) is 0 Å². The van der Waals surface area contributed by atoms with Gasteiger partial charge in [0.2, 0.25) is 65.0 Å². The summed E-state index contributed by atoms with van der Waals surface area (Å²) in [5.41, 5.74) is 0. The summed E-state index contributed by atoms with van der Waals surface area (Å²) in [4.78, 5) is 177. The molecule has 0 aromatic rings. The van der Waals surface area contributed by atoms with E-state index in [1.807, 2.05) is 54.5 Å². The molecule has 14 atom stereocenters. The Morgan fingerprint density at radius 2 is 0.937 bits per heavy atom. The largest absolute Gasteiger partial charge is 0.390 e. The molecule has 2 fully saturated rings. The molecule has 0 radical (unpaired) electrons. The summed E-state index contributed by atoms with van der Waals surface area (Å²) in [5.74, 6) is -10.3. The number of hydrogen-bond donors (Lipinski definition) is 5. The molecule has 26 nitrogen and oxygen atoms in total. The second-order valence-corrected chi connectivity index (χ2v) is 28.9. The Bertz CT molecular complexity index is 2600. The molecule has 0 saturated carbocycles.